The Bertz CT molecular complexity index is 1150. The van der Waals surface area contributed by atoms with Gasteiger partial charge in [0.2, 0.25) is 5.91 Å². The van der Waals surface area contributed by atoms with Crippen LogP contribution in [-0.2, 0) is 45.0 Å². The van der Waals surface area contributed by atoms with Gasteiger partial charge in [0.1, 0.15) is 12.1 Å². The van der Waals surface area contributed by atoms with E-state index in [2.05, 4.69) is 9.50 Å². The van der Waals surface area contributed by atoms with E-state index in [1.165, 1.54) is 12.1 Å². The molecule has 202 valence electrons. The Morgan fingerprint density at radius 1 is 1.05 bits per heavy atom. The standard InChI is InChI=1S/C23H29N3O10S/c1-23(2,3)36-21(30)15-25(12-13-35-37(32,33)34)22(31)17-6-4-16(5-7-17)14-24-18(27)10-11-26-19(28)8-9-20(26)29/h4-9H,10-15H2,1-3H3,(H,24,27)(H,32,33,34). The number of nitrogens with zero attached hydrogens (tertiary/aromatic N) is 2. The molecule has 0 aromatic heterocycles. The fraction of sp³-hybridized carbons (Fsp3) is 0.435. The van der Waals surface area contributed by atoms with Crippen LogP contribution in [0.15, 0.2) is 36.4 Å². The Morgan fingerprint density at radius 3 is 2.19 bits per heavy atom. The maximum absolute atomic E-state index is 13.0. The minimum atomic E-state index is -4.73. The molecule has 1 heterocycles. The van der Waals surface area contributed by atoms with Crippen molar-refractivity contribution in [1.29, 1.82) is 0 Å². The maximum atomic E-state index is 13.0. The number of ether oxygens (including phenoxy) is 1. The van der Waals surface area contributed by atoms with E-state index in [0.29, 0.717) is 5.56 Å². The minimum Gasteiger partial charge on any atom is -0.459 e. The summed E-state index contributed by atoms with van der Waals surface area (Å²) < 4.78 is 39.9. The number of carbonyl (C=O) groups is 5. The normalized spacial score (nSPS) is 13.6. The van der Waals surface area contributed by atoms with E-state index < -0.39 is 52.8 Å². The highest BCUT2D eigenvalue weighted by Gasteiger charge is 2.25. The van der Waals surface area contributed by atoms with E-state index in [4.69, 9.17) is 9.29 Å². The molecular formula is C23H29N3O10S. The number of amides is 4. The first kappa shape index (κ1) is 29.6. The predicted molar refractivity (Wildman–Crippen MR) is 128 cm³/mol. The van der Waals surface area contributed by atoms with Crippen LogP contribution in [0.2, 0.25) is 0 Å². The van der Waals surface area contributed by atoms with E-state index in [1.807, 2.05) is 0 Å². The zero-order valence-corrected chi connectivity index (χ0v) is 21.4. The molecule has 0 bridgehead atoms. The summed E-state index contributed by atoms with van der Waals surface area (Å²) in [5.41, 5.74) is 0.0107. The predicted octanol–water partition coefficient (Wildman–Crippen LogP) is 0.221. The first-order valence-corrected chi connectivity index (χ1v) is 12.5. The van der Waals surface area contributed by atoms with Gasteiger partial charge in [-0.2, -0.15) is 8.42 Å². The van der Waals surface area contributed by atoms with E-state index in [0.717, 1.165) is 22.0 Å². The highest BCUT2D eigenvalue weighted by atomic mass is 32.3. The highest BCUT2D eigenvalue weighted by Crippen LogP contribution is 2.12. The second-order valence-electron chi connectivity index (χ2n) is 8.95. The van der Waals surface area contributed by atoms with Crippen LogP contribution in [0.3, 0.4) is 0 Å². The second-order valence-corrected chi connectivity index (χ2v) is 10.0. The number of hydrogen-bond donors (Lipinski definition) is 2. The second kappa shape index (κ2) is 12.6. The van der Waals surface area contributed by atoms with Crippen LogP contribution < -0.4 is 5.32 Å². The van der Waals surface area contributed by atoms with Gasteiger partial charge in [-0.25, -0.2) is 4.18 Å². The number of nitrogens with one attached hydrogen (secondary N) is 1. The molecule has 1 aromatic rings. The minimum absolute atomic E-state index is 0.0429. The topological polar surface area (TPSA) is 177 Å². The molecule has 1 aliphatic heterocycles. The molecule has 1 aliphatic rings. The number of benzene rings is 1. The van der Waals surface area contributed by atoms with Crippen molar-refractivity contribution in [3.05, 3.63) is 47.5 Å². The third kappa shape index (κ3) is 10.5. The molecule has 0 aliphatic carbocycles. The van der Waals surface area contributed by atoms with Crippen LogP contribution in [0.1, 0.15) is 43.1 Å². The van der Waals surface area contributed by atoms with Crippen LogP contribution in [0.5, 0.6) is 0 Å². The van der Waals surface area contributed by atoms with Gasteiger partial charge in [0, 0.05) is 43.8 Å². The van der Waals surface area contributed by atoms with Gasteiger partial charge in [0.25, 0.3) is 17.7 Å². The summed E-state index contributed by atoms with van der Waals surface area (Å²) >= 11 is 0. The van der Waals surface area contributed by atoms with Crippen molar-refractivity contribution < 1.29 is 45.9 Å². The third-order valence-electron chi connectivity index (χ3n) is 4.77. The molecule has 0 radical (unpaired) electrons. The van der Waals surface area contributed by atoms with Gasteiger partial charge in [-0.15, -0.1) is 0 Å². The van der Waals surface area contributed by atoms with Crippen molar-refractivity contribution in [3.63, 3.8) is 0 Å². The van der Waals surface area contributed by atoms with E-state index >= 15 is 0 Å². The van der Waals surface area contributed by atoms with Crippen LogP contribution >= 0.6 is 0 Å². The van der Waals surface area contributed by atoms with Crippen LogP contribution in [0.25, 0.3) is 0 Å². The molecule has 1 aromatic carbocycles. The lowest BCUT2D eigenvalue weighted by atomic mass is 10.1. The Hall–Kier alpha value is -3.62. The third-order valence-corrected chi connectivity index (χ3v) is 5.24. The number of rotatable bonds is 12. The van der Waals surface area contributed by atoms with E-state index in [-0.39, 0.29) is 37.5 Å². The van der Waals surface area contributed by atoms with E-state index in [9.17, 15) is 32.4 Å². The summed E-state index contributed by atoms with van der Waals surface area (Å²) in [7, 11) is -4.73. The van der Waals surface area contributed by atoms with Crippen molar-refractivity contribution >= 4 is 40.0 Å². The quantitative estimate of drug-likeness (QED) is 0.212. The molecule has 0 saturated heterocycles. The number of esters is 1. The SMILES string of the molecule is CC(C)(C)OC(=O)CN(CCOS(=O)(=O)O)C(=O)c1ccc(CNC(=O)CCN2C(=O)C=CC2=O)cc1. The summed E-state index contributed by atoms with van der Waals surface area (Å²) in [5, 5.41) is 2.65. The first-order valence-electron chi connectivity index (χ1n) is 11.2. The fourth-order valence-corrected chi connectivity index (χ4v) is 3.42. The average Bonchev–Trinajstić information content (AvgIpc) is 3.10. The molecule has 14 heteroatoms. The Kier molecular flexibility index (Phi) is 10.1. The molecule has 0 saturated carbocycles. The van der Waals surface area contributed by atoms with Gasteiger partial charge in [-0.3, -0.25) is 33.4 Å². The molecule has 13 nitrogen and oxygen atoms in total. The van der Waals surface area contributed by atoms with Gasteiger partial charge in [-0.1, -0.05) is 12.1 Å². The summed E-state index contributed by atoms with van der Waals surface area (Å²) in [6.45, 7) is 3.64. The first-order chi connectivity index (χ1) is 17.1. The average molecular weight is 540 g/mol. The lowest BCUT2D eigenvalue weighted by Gasteiger charge is -2.25. The van der Waals surface area contributed by atoms with Gasteiger partial charge in [0.15, 0.2) is 0 Å². The Balaban J connectivity index is 1.95. The number of imide groups is 1. The Morgan fingerprint density at radius 2 is 1.65 bits per heavy atom. The lowest BCUT2D eigenvalue weighted by Crippen LogP contribution is -2.40. The van der Waals surface area contributed by atoms with Crippen molar-refractivity contribution in [2.45, 2.75) is 39.3 Å². The molecule has 0 unspecified atom stereocenters. The van der Waals surface area contributed by atoms with Gasteiger partial charge < -0.3 is 15.0 Å². The molecule has 2 N–H and O–H groups in total. The molecule has 0 fully saturated rings. The monoisotopic (exact) mass is 539 g/mol. The van der Waals surface area contributed by atoms with Crippen molar-refractivity contribution in [2.24, 2.45) is 0 Å². The van der Waals surface area contributed by atoms with Crippen molar-refractivity contribution in [1.82, 2.24) is 15.1 Å². The highest BCUT2D eigenvalue weighted by molar-refractivity contribution is 7.80. The largest absolute Gasteiger partial charge is 0.459 e. The fourth-order valence-electron chi connectivity index (χ4n) is 3.14. The zero-order valence-electron chi connectivity index (χ0n) is 20.6. The summed E-state index contributed by atoms with van der Waals surface area (Å²) in [6.07, 6.45) is 2.21. The zero-order chi connectivity index (χ0) is 27.8. The lowest BCUT2D eigenvalue weighted by molar-refractivity contribution is -0.155. The Labute approximate surface area is 214 Å². The van der Waals surface area contributed by atoms with Gasteiger partial charge in [-0.05, 0) is 38.5 Å². The molecule has 0 spiro atoms. The number of carbonyl (C=O) groups excluding carboxylic acids is 5. The molecular weight excluding hydrogens is 510 g/mol. The van der Waals surface area contributed by atoms with Crippen LogP contribution in [0.4, 0.5) is 0 Å². The van der Waals surface area contributed by atoms with E-state index in [1.54, 1.807) is 32.9 Å². The van der Waals surface area contributed by atoms with Gasteiger partial charge >= 0.3 is 16.4 Å². The summed E-state index contributed by atoms with van der Waals surface area (Å²) in [6, 6.07) is 6.07. The van der Waals surface area contributed by atoms with Crippen molar-refractivity contribution in [3.8, 4) is 0 Å². The molecule has 2 rings (SSSR count). The van der Waals surface area contributed by atoms with Crippen molar-refractivity contribution in [2.75, 3.05) is 26.2 Å². The smallest absolute Gasteiger partial charge is 0.397 e. The van der Waals surface area contributed by atoms with Crippen LogP contribution in [0, 0.1) is 0 Å². The summed E-state index contributed by atoms with van der Waals surface area (Å²) in [4.78, 5) is 62.3. The number of hydrogen-bond acceptors (Lipinski definition) is 9. The molecule has 37 heavy (non-hydrogen) atoms. The molecule has 0 atom stereocenters. The summed E-state index contributed by atoms with van der Waals surface area (Å²) in [5.74, 6) is -2.66. The maximum Gasteiger partial charge on any atom is 0.397 e. The molecule has 4 amide bonds. The van der Waals surface area contributed by atoms with Crippen LogP contribution in [-0.4, -0.2) is 84.2 Å². The van der Waals surface area contributed by atoms with Gasteiger partial charge in [0.05, 0.1) is 6.61 Å².